The van der Waals surface area contributed by atoms with Gasteiger partial charge in [-0.3, -0.25) is 9.89 Å². The molecule has 0 aliphatic heterocycles. The molecule has 0 aliphatic rings. The highest BCUT2D eigenvalue weighted by atomic mass is 16.5. The second-order valence-corrected chi connectivity index (χ2v) is 7.16. The Hall–Kier alpha value is -4.66. The smallest absolute Gasteiger partial charge is 0.270 e. The number of aromatic amines is 1. The second-order valence-electron chi connectivity index (χ2n) is 7.16. The Balaban J connectivity index is 1.35. The summed E-state index contributed by atoms with van der Waals surface area (Å²) in [6, 6.07) is 22.2. The lowest BCUT2D eigenvalue weighted by Crippen LogP contribution is -2.26. The number of aromatic nitrogens is 5. The van der Waals surface area contributed by atoms with Crippen LogP contribution < -0.4 is 10.1 Å². The zero-order valence-corrected chi connectivity index (χ0v) is 17.7. The molecule has 0 atom stereocenters. The number of nitrogens with zero attached hydrogens (tertiary/aromatic N) is 4. The molecule has 2 N–H and O–H groups in total. The van der Waals surface area contributed by atoms with Crippen molar-refractivity contribution in [3.8, 4) is 34.3 Å². The number of hydrogen-bond acceptors (Lipinski definition) is 6. The number of amides is 1. The van der Waals surface area contributed by atoms with E-state index in [2.05, 4.69) is 25.6 Å². The van der Waals surface area contributed by atoms with Gasteiger partial charge in [0, 0.05) is 11.6 Å². The lowest BCUT2D eigenvalue weighted by atomic mass is 10.2. The average molecular weight is 440 g/mol. The number of nitrogens with one attached hydrogen (secondary N) is 2. The average Bonchev–Trinajstić information content (AvgIpc) is 3.64. The molecule has 9 nitrogen and oxygen atoms in total. The molecule has 2 aromatic carbocycles. The number of ether oxygens (including phenoxy) is 1. The van der Waals surface area contributed by atoms with Crippen LogP contribution in [0.4, 0.5) is 0 Å². The Bertz CT molecular complexity index is 1360. The maximum Gasteiger partial charge on any atom is 0.270 e. The third kappa shape index (κ3) is 4.24. The monoisotopic (exact) mass is 440 g/mol. The molecule has 0 aliphatic carbocycles. The Labute approximate surface area is 189 Å². The van der Waals surface area contributed by atoms with Gasteiger partial charge in [-0.15, -0.1) is 0 Å². The van der Waals surface area contributed by atoms with Crippen LogP contribution in [0.25, 0.3) is 28.5 Å². The molecule has 3 aromatic heterocycles. The van der Waals surface area contributed by atoms with Gasteiger partial charge in [0.05, 0.1) is 25.6 Å². The molecule has 5 aromatic rings. The maximum absolute atomic E-state index is 13.1. The van der Waals surface area contributed by atoms with E-state index in [-0.39, 0.29) is 12.5 Å². The predicted molar refractivity (Wildman–Crippen MR) is 121 cm³/mol. The van der Waals surface area contributed by atoms with Crippen LogP contribution in [-0.2, 0) is 6.54 Å². The number of rotatable bonds is 7. The largest absolute Gasteiger partial charge is 0.497 e. The highest BCUT2D eigenvalue weighted by molar-refractivity contribution is 5.94. The molecule has 0 saturated heterocycles. The summed E-state index contributed by atoms with van der Waals surface area (Å²) in [6.45, 7) is 0.179. The first kappa shape index (κ1) is 20.3. The molecule has 0 unspecified atom stereocenters. The van der Waals surface area contributed by atoms with Crippen LogP contribution in [-0.4, -0.2) is 38.0 Å². The fraction of sp³-hybridized carbons (Fsp3) is 0.0833. The third-order valence-electron chi connectivity index (χ3n) is 5.01. The minimum atomic E-state index is -0.299. The van der Waals surface area contributed by atoms with Gasteiger partial charge in [-0.2, -0.15) is 10.2 Å². The van der Waals surface area contributed by atoms with Gasteiger partial charge in [0.15, 0.2) is 11.6 Å². The SMILES string of the molecule is COc1ccc(-c2n[nH]c(CNC(=O)c3cc(-c4ccco4)nn3-c3ccccc3)n2)cc1. The standard InChI is InChI=1S/C24H20N6O3/c1-32-18-11-9-16(10-12-18)23-26-22(27-28-23)15-25-24(31)20-14-19(21-8-5-13-33-21)29-30(20)17-6-3-2-4-7-17/h2-14H,15H2,1H3,(H,25,31)(H,26,27,28). The molecular weight excluding hydrogens is 420 g/mol. The minimum absolute atomic E-state index is 0.179. The van der Waals surface area contributed by atoms with Crippen LogP contribution in [0.3, 0.4) is 0 Å². The van der Waals surface area contributed by atoms with Gasteiger partial charge in [0.25, 0.3) is 5.91 Å². The Morgan fingerprint density at radius 1 is 1.09 bits per heavy atom. The van der Waals surface area contributed by atoms with Crippen LogP contribution in [0.5, 0.6) is 5.75 Å². The van der Waals surface area contributed by atoms with Crippen molar-refractivity contribution in [3.05, 3.63) is 90.6 Å². The Kier molecular flexibility index (Phi) is 5.42. The van der Waals surface area contributed by atoms with E-state index in [0.29, 0.717) is 28.8 Å². The highest BCUT2D eigenvalue weighted by Crippen LogP contribution is 2.22. The van der Waals surface area contributed by atoms with Gasteiger partial charge < -0.3 is 14.5 Å². The molecule has 0 bridgehead atoms. The number of hydrogen-bond donors (Lipinski definition) is 2. The number of benzene rings is 2. The van der Waals surface area contributed by atoms with Gasteiger partial charge in [-0.05, 0) is 48.5 Å². The zero-order valence-electron chi connectivity index (χ0n) is 17.7. The van der Waals surface area contributed by atoms with E-state index in [1.807, 2.05) is 54.6 Å². The molecule has 0 spiro atoms. The van der Waals surface area contributed by atoms with Crippen molar-refractivity contribution in [1.82, 2.24) is 30.3 Å². The number of carbonyl (C=O) groups is 1. The van der Waals surface area contributed by atoms with Crippen molar-refractivity contribution in [1.29, 1.82) is 0 Å². The first-order valence-electron chi connectivity index (χ1n) is 10.2. The van der Waals surface area contributed by atoms with E-state index < -0.39 is 0 Å². The van der Waals surface area contributed by atoms with E-state index in [4.69, 9.17) is 9.15 Å². The van der Waals surface area contributed by atoms with E-state index in [0.717, 1.165) is 17.0 Å². The van der Waals surface area contributed by atoms with Crippen LogP contribution in [0.1, 0.15) is 16.3 Å². The lowest BCUT2D eigenvalue weighted by Gasteiger charge is -2.07. The molecular formula is C24H20N6O3. The summed E-state index contributed by atoms with van der Waals surface area (Å²) in [6.07, 6.45) is 1.57. The second kappa shape index (κ2) is 8.83. The van der Waals surface area contributed by atoms with Crippen LogP contribution >= 0.6 is 0 Å². The first-order chi connectivity index (χ1) is 16.2. The third-order valence-corrected chi connectivity index (χ3v) is 5.01. The molecule has 1 amide bonds. The van der Waals surface area contributed by atoms with Gasteiger partial charge >= 0.3 is 0 Å². The fourth-order valence-corrected chi connectivity index (χ4v) is 3.35. The number of methoxy groups -OCH3 is 1. The Morgan fingerprint density at radius 2 is 1.91 bits per heavy atom. The van der Waals surface area contributed by atoms with E-state index in [9.17, 15) is 4.79 Å². The van der Waals surface area contributed by atoms with E-state index >= 15 is 0 Å². The van der Waals surface area contributed by atoms with Crippen molar-refractivity contribution in [2.75, 3.05) is 7.11 Å². The van der Waals surface area contributed by atoms with Crippen molar-refractivity contribution >= 4 is 5.91 Å². The molecule has 0 saturated carbocycles. The molecule has 5 rings (SSSR count). The number of H-pyrrole nitrogens is 1. The summed E-state index contributed by atoms with van der Waals surface area (Å²) in [7, 11) is 1.61. The summed E-state index contributed by atoms with van der Waals surface area (Å²) in [5.41, 5.74) is 2.55. The maximum atomic E-state index is 13.1. The lowest BCUT2D eigenvalue weighted by molar-refractivity contribution is 0.0942. The van der Waals surface area contributed by atoms with Crippen LogP contribution in [0.15, 0.2) is 83.5 Å². The van der Waals surface area contributed by atoms with E-state index in [1.165, 1.54) is 0 Å². The summed E-state index contributed by atoms with van der Waals surface area (Å²) in [5.74, 6) is 2.11. The summed E-state index contributed by atoms with van der Waals surface area (Å²) in [4.78, 5) is 17.5. The van der Waals surface area contributed by atoms with Gasteiger partial charge in [-0.1, -0.05) is 18.2 Å². The summed E-state index contributed by atoms with van der Waals surface area (Å²) >= 11 is 0. The van der Waals surface area contributed by atoms with Gasteiger partial charge in [0.1, 0.15) is 23.0 Å². The zero-order chi connectivity index (χ0) is 22.6. The van der Waals surface area contributed by atoms with Crippen molar-refractivity contribution in [2.24, 2.45) is 0 Å². The molecule has 0 radical (unpaired) electrons. The summed E-state index contributed by atoms with van der Waals surface area (Å²) < 4.78 is 12.2. The predicted octanol–water partition coefficient (Wildman–Crippen LogP) is 3.86. The first-order valence-corrected chi connectivity index (χ1v) is 10.2. The molecule has 9 heteroatoms. The van der Waals surface area contributed by atoms with E-state index in [1.54, 1.807) is 36.3 Å². The molecule has 3 heterocycles. The normalized spacial score (nSPS) is 10.8. The molecule has 0 fully saturated rings. The van der Waals surface area contributed by atoms with Gasteiger partial charge in [0.2, 0.25) is 0 Å². The number of carbonyl (C=O) groups excluding carboxylic acids is 1. The van der Waals surface area contributed by atoms with Crippen LogP contribution in [0, 0.1) is 0 Å². The minimum Gasteiger partial charge on any atom is -0.497 e. The van der Waals surface area contributed by atoms with Crippen LogP contribution in [0.2, 0.25) is 0 Å². The van der Waals surface area contributed by atoms with Gasteiger partial charge in [-0.25, -0.2) is 9.67 Å². The van der Waals surface area contributed by atoms with Crippen molar-refractivity contribution in [2.45, 2.75) is 6.54 Å². The molecule has 164 valence electrons. The topological polar surface area (TPSA) is 111 Å². The van der Waals surface area contributed by atoms with Crippen molar-refractivity contribution < 1.29 is 13.9 Å². The molecule has 33 heavy (non-hydrogen) atoms. The number of furan rings is 1. The van der Waals surface area contributed by atoms with Crippen molar-refractivity contribution in [3.63, 3.8) is 0 Å². The Morgan fingerprint density at radius 3 is 2.64 bits per heavy atom. The number of para-hydroxylation sites is 1. The highest BCUT2D eigenvalue weighted by Gasteiger charge is 2.19. The quantitative estimate of drug-likeness (QED) is 0.398. The summed E-state index contributed by atoms with van der Waals surface area (Å²) in [5, 5.41) is 14.6. The fourth-order valence-electron chi connectivity index (χ4n) is 3.35.